The highest BCUT2D eigenvalue weighted by Crippen LogP contribution is 2.38. The van der Waals surface area contributed by atoms with Crippen LogP contribution in [0.4, 0.5) is 0 Å². The van der Waals surface area contributed by atoms with Crippen molar-refractivity contribution in [3.05, 3.63) is 46.8 Å². The van der Waals surface area contributed by atoms with Crippen molar-refractivity contribution >= 4 is 11.8 Å². The van der Waals surface area contributed by atoms with Crippen LogP contribution in [0.2, 0.25) is 0 Å². The van der Waals surface area contributed by atoms with Gasteiger partial charge in [0.1, 0.15) is 12.4 Å². The van der Waals surface area contributed by atoms with E-state index in [1.165, 1.54) is 11.3 Å². The van der Waals surface area contributed by atoms with Crippen LogP contribution in [0, 0.1) is 25.2 Å². The molecule has 1 saturated heterocycles. The van der Waals surface area contributed by atoms with Gasteiger partial charge in [0.15, 0.2) is 0 Å². The topological polar surface area (TPSA) is 88.5 Å². The van der Waals surface area contributed by atoms with Gasteiger partial charge in [-0.05, 0) is 70.7 Å². The predicted molar refractivity (Wildman–Crippen MR) is 145 cm³/mol. The second-order valence-corrected chi connectivity index (χ2v) is 11.2. The lowest BCUT2D eigenvalue weighted by molar-refractivity contribution is -0.136. The first kappa shape index (κ1) is 27.2. The summed E-state index contributed by atoms with van der Waals surface area (Å²) in [6, 6.07) is 7.19. The Morgan fingerprint density at radius 3 is 2.51 bits per heavy atom. The summed E-state index contributed by atoms with van der Waals surface area (Å²) in [5, 5.41) is 11.0. The van der Waals surface area contributed by atoms with Crippen molar-refractivity contribution in [3.63, 3.8) is 0 Å². The number of hydrogen-bond donors (Lipinski definition) is 2. The van der Waals surface area contributed by atoms with E-state index in [1.807, 2.05) is 29.9 Å². The largest absolute Gasteiger partial charge is 0.491 e. The lowest BCUT2D eigenvalue weighted by Gasteiger charge is -2.42. The Morgan fingerprint density at radius 2 is 1.84 bits per heavy atom. The van der Waals surface area contributed by atoms with Crippen LogP contribution in [0.15, 0.2) is 24.3 Å². The molecule has 2 aliphatic rings. The monoisotopic (exact) mass is 509 g/mol. The van der Waals surface area contributed by atoms with Gasteiger partial charge in [0.05, 0.1) is 22.7 Å². The molecule has 2 aliphatic heterocycles. The van der Waals surface area contributed by atoms with Gasteiger partial charge in [0, 0.05) is 31.4 Å². The Morgan fingerprint density at radius 1 is 1.11 bits per heavy atom. The number of amides is 2. The number of benzene rings is 1. The molecule has 8 nitrogen and oxygen atoms in total. The summed E-state index contributed by atoms with van der Waals surface area (Å²) >= 11 is 0. The number of fused-ring (bicyclic) bond motifs is 1. The number of rotatable bonds is 3. The van der Waals surface area contributed by atoms with Gasteiger partial charge in [-0.3, -0.25) is 19.2 Å². The molecule has 0 radical (unpaired) electrons. The van der Waals surface area contributed by atoms with Gasteiger partial charge in [-0.1, -0.05) is 32.4 Å². The summed E-state index contributed by atoms with van der Waals surface area (Å²) in [6.45, 7) is 12.0. The van der Waals surface area contributed by atoms with E-state index in [-0.39, 0.29) is 23.8 Å². The van der Waals surface area contributed by atoms with E-state index in [9.17, 15) is 9.59 Å². The van der Waals surface area contributed by atoms with Crippen molar-refractivity contribution in [3.8, 4) is 5.75 Å². The fourth-order valence-corrected chi connectivity index (χ4v) is 5.57. The Bertz CT molecular complexity index is 1100. The van der Waals surface area contributed by atoms with Crippen LogP contribution < -0.4 is 15.4 Å². The Balaban J connectivity index is 1.49. The first-order valence-corrected chi connectivity index (χ1v) is 13.7. The van der Waals surface area contributed by atoms with E-state index >= 15 is 0 Å². The second-order valence-electron chi connectivity index (χ2n) is 11.2. The number of piperidine rings is 1. The minimum Gasteiger partial charge on any atom is -0.491 e. The molecule has 1 atom stereocenters. The van der Waals surface area contributed by atoms with E-state index < -0.39 is 5.41 Å². The molecule has 8 heteroatoms. The number of carbonyl (C=O) groups is 2. The SMILES string of the molecule is Cc1nn(C)c(C)c1CN1CCC2(CCCCNC(=O)c3ccccc3OC[C@H](C(C)C)NC2=O)CC1. The van der Waals surface area contributed by atoms with Crippen LogP contribution in [0.3, 0.4) is 0 Å². The molecule has 0 bridgehead atoms. The summed E-state index contributed by atoms with van der Waals surface area (Å²) < 4.78 is 8.07. The van der Waals surface area contributed by atoms with Crippen LogP contribution in [0.5, 0.6) is 5.75 Å². The average molecular weight is 510 g/mol. The first-order chi connectivity index (χ1) is 17.7. The molecule has 37 heavy (non-hydrogen) atoms. The molecule has 1 aromatic carbocycles. The first-order valence-electron chi connectivity index (χ1n) is 13.7. The Hall–Kier alpha value is -2.87. The molecule has 0 saturated carbocycles. The lowest BCUT2D eigenvalue weighted by Crippen LogP contribution is -2.53. The van der Waals surface area contributed by atoms with Crippen molar-refractivity contribution in [2.45, 2.75) is 72.4 Å². The molecular weight excluding hydrogens is 466 g/mol. The number of hydrogen-bond acceptors (Lipinski definition) is 5. The van der Waals surface area contributed by atoms with Gasteiger partial charge in [-0.25, -0.2) is 0 Å². The van der Waals surface area contributed by atoms with Crippen LogP contribution in [-0.2, 0) is 18.4 Å². The molecule has 0 unspecified atom stereocenters. The molecule has 0 aliphatic carbocycles. The lowest BCUT2D eigenvalue weighted by atomic mass is 9.73. The van der Waals surface area contributed by atoms with E-state index in [4.69, 9.17) is 4.74 Å². The van der Waals surface area contributed by atoms with E-state index in [0.29, 0.717) is 24.5 Å². The molecule has 202 valence electrons. The second kappa shape index (κ2) is 11.7. The normalized spacial score (nSPS) is 21.6. The maximum atomic E-state index is 13.9. The fourth-order valence-electron chi connectivity index (χ4n) is 5.57. The number of nitrogens with zero attached hydrogens (tertiary/aromatic N) is 3. The molecule has 1 spiro atoms. The highest BCUT2D eigenvalue weighted by atomic mass is 16.5. The van der Waals surface area contributed by atoms with E-state index in [0.717, 1.165) is 57.4 Å². The third kappa shape index (κ3) is 6.17. The third-order valence-electron chi connectivity index (χ3n) is 8.37. The van der Waals surface area contributed by atoms with Crippen molar-refractivity contribution < 1.29 is 14.3 Å². The Labute approximate surface area is 221 Å². The number of aromatic nitrogens is 2. The molecule has 1 fully saturated rings. The minimum atomic E-state index is -0.394. The maximum Gasteiger partial charge on any atom is 0.255 e. The fraction of sp³-hybridized carbons (Fsp3) is 0.621. The van der Waals surface area contributed by atoms with Gasteiger partial charge < -0.3 is 15.4 Å². The highest BCUT2D eigenvalue weighted by Gasteiger charge is 2.42. The van der Waals surface area contributed by atoms with Crippen molar-refractivity contribution in [1.82, 2.24) is 25.3 Å². The number of para-hydroxylation sites is 1. The van der Waals surface area contributed by atoms with Crippen molar-refractivity contribution in [2.24, 2.45) is 18.4 Å². The maximum absolute atomic E-state index is 13.9. The van der Waals surface area contributed by atoms with Crippen molar-refractivity contribution in [2.75, 3.05) is 26.2 Å². The smallest absolute Gasteiger partial charge is 0.255 e. The number of likely N-dealkylation sites (tertiary alicyclic amines) is 1. The molecule has 2 amide bonds. The molecule has 4 rings (SSSR count). The predicted octanol–water partition coefficient (Wildman–Crippen LogP) is 3.75. The van der Waals surface area contributed by atoms with Crippen molar-refractivity contribution in [1.29, 1.82) is 0 Å². The van der Waals surface area contributed by atoms with Crippen LogP contribution in [0.1, 0.15) is 73.3 Å². The quantitative estimate of drug-likeness (QED) is 0.658. The van der Waals surface area contributed by atoms with Gasteiger partial charge in [0.25, 0.3) is 5.91 Å². The van der Waals surface area contributed by atoms with Gasteiger partial charge in [-0.2, -0.15) is 5.10 Å². The summed E-state index contributed by atoms with van der Waals surface area (Å²) in [5.41, 5.74) is 3.73. The standard InChI is InChI=1S/C29H43N5O3/c1-20(2)25-19-37-26-11-7-6-10-23(26)27(35)30-15-9-8-12-29(28(36)31-25)13-16-34(17-14-29)18-24-21(3)32-33(5)22(24)4/h6-7,10-11,20,25H,8-9,12-19H2,1-5H3,(H,30,35)(H,31,36)/t25-/m1/s1. The summed E-state index contributed by atoms with van der Waals surface area (Å²) in [6.07, 6.45) is 4.24. The molecule has 2 aromatic rings. The minimum absolute atomic E-state index is 0.109. The average Bonchev–Trinajstić information content (AvgIpc) is 3.12. The molecule has 2 N–H and O–H groups in total. The van der Waals surface area contributed by atoms with Gasteiger partial charge in [0.2, 0.25) is 5.91 Å². The Kier molecular flexibility index (Phi) is 8.57. The zero-order valence-electron chi connectivity index (χ0n) is 23.1. The molecule has 1 aromatic heterocycles. The number of aryl methyl sites for hydroxylation is 2. The van der Waals surface area contributed by atoms with Crippen LogP contribution >= 0.6 is 0 Å². The molecular formula is C29H43N5O3. The number of nitrogens with one attached hydrogen (secondary N) is 2. The van der Waals surface area contributed by atoms with E-state index in [1.54, 1.807) is 6.07 Å². The third-order valence-corrected chi connectivity index (χ3v) is 8.37. The van der Waals surface area contributed by atoms with Crippen LogP contribution in [0.25, 0.3) is 0 Å². The van der Waals surface area contributed by atoms with Gasteiger partial charge >= 0.3 is 0 Å². The van der Waals surface area contributed by atoms with Crippen LogP contribution in [-0.4, -0.2) is 58.8 Å². The summed E-state index contributed by atoms with van der Waals surface area (Å²) in [7, 11) is 1.99. The summed E-state index contributed by atoms with van der Waals surface area (Å²) in [5.74, 6) is 0.798. The molecule has 3 heterocycles. The zero-order chi connectivity index (χ0) is 26.6. The summed E-state index contributed by atoms with van der Waals surface area (Å²) in [4.78, 5) is 29.1. The number of carbonyl (C=O) groups excluding carboxylic acids is 2. The van der Waals surface area contributed by atoms with E-state index in [2.05, 4.69) is 48.3 Å². The zero-order valence-corrected chi connectivity index (χ0v) is 23.1. The highest BCUT2D eigenvalue weighted by molar-refractivity contribution is 5.96. The van der Waals surface area contributed by atoms with Gasteiger partial charge in [-0.15, -0.1) is 0 Å². The number of ether oxygens (including phenoxy) is 1.